The number of fused-ring (bicyclic) bond motifs is 9. The Morgan fingerprint density at radius 2 is 0.644 bits per heavy atom. The third kappa shape index (κ3) is 8.51. The second kappa shape index (κ2) is 17.4. The Hall–Kier alpha value is -7.37. The minimum Gasteiger partial charge on any atom is -0.256 e. The first-order valence-corrected chi connectivity index (χ1v) is 21.7. The van der Waals surface area contributed by atoms with Crippen molar-refractivity contribution >= 4 is 75.1 Å². The van der Waals surface area contributed by atoms with Crippen molar-refractivity contribution in [2.24, 2.45) is 0 Å². The Labute approximate surface area is 346 Å². The van der Waals surface area contributed by atoms with Gasteiger partial charge in [-0.05, 0) is 85.0 Å². The molecule has 5 aromatic carbocycles. The first kappa shape index (κ1) is 37.2. The van der Waals surface area contributed by atoms with E-state index in [0.717, 1.165) is 50.4 Å². The van der Waals surface area contributed by atoms with E-state index >= 15 is 0 Å². The monoisotopic (exact) mass is 803 g/mol. The summed E-state index contributed by atoms with van der Waals surface area (Å²) in [5, 5.41) is 1.20. The van der Waals surface area contributed by atoms with Gasteiger partial charge in [0.1, 0.15) is 0 Å². The van der Waals surface area contributed by atoms with Crippen molar-refractivity contribution in [1.29, 1.82) is 0 Å². The van der Waals surface area contributed by atoms with Crippen molar-refractivity contribution in [3.63, 3.8) is 0 Å². The predicted molar refractivity (Wildman–Crippen MR) is 245 cm³/mol. The summed E-state index contributed by atoms with van der Waals surface area (Å²) >= 11 is -2.10. The van der Waals surface area contributed by atoms with Gasteiger partial charge < -0.3 is 9.97 Å². The van der Waals surface area contributed by atoms with Crippen LogP contribution in [0.4, 0.5) is 0 Å². The van der Waals surface area contributed by atoms with Gasteiger partial charge >= 0.3 is 152 Å². The Bertz CT molecular complexity index is 2640. The van der Waals surface area contributed by atoms with Crippen LogP contribution in [0.15, 0.2) is 212 Å². The SMILES string of the molecule is C1=Cc2cc3ccc(cc4nc(cc5ccc(cc1n2)[nH]5)C=C4)[nH]3.c1cc[c]([Fe]([c]2ccccc2)([c]2ccccc2)[c]2ccccc2)cc1.c1ccc2ncccc2c1. The van der Waals surface area contributed by atoms with Crippen LogP contribution in [0, 0.1) is 0 Å². The standard InChI is InChI=1S/C20H14N4.C9H7N.4C6H5.Fe/c1-2-14-10-16-5-6-18(23-16)12-20-8-7-19(24-20)11-17-4-3-15(22-17)9-13(1)21-14;1-2-6-9-8(4-1)5-3-7-10-9;4*1-2-4-6-5-3-1;/h1-12,21,24H;1-7H;4*1-5H;. The molecule has 11 rings (SSSR count). The summed E-state index contributed by atoms with van der Waals surface area (Å²) in [7, 11) is 0. The van der Waals surface area contributed by atoms with E-state index in [4.69, 9.17) is 0 Å². The Morgan fingerprint density at radius 3 is 1.00 bits per heavy atom. The zero-order valence-electron chi connectivity index (χ0n) is 32.2. The smallest absolute Gasteiger partial charge is 0.0701 e. The minimum absolute atomic E-state index is 0.939. The molecule has 2 N–H and O–H groups in total. The van der Waals surface area contributed by atoms with Crippen LogP contribution < -0.4 is 17.8 Å². The van der Waals surface area contributed by atoms with Crippen molar-refractivity contribution in [3.05, 3.63) is 235 Å². The summed E-state index contributed by atoms with van der Waals surface area (Å²) in [6.45, 7) is 0. The molecule has 6 heteroatoms. The van der Waals surface area contributed by atoms with E-state index in [1.807, 2.05) is 79.0 Å². The first-order valence-electron chi connectivity index (χ1n) is 19.5. The second-order valence-corrected chi connectivity index (χ2v) is 18.0. The number of pyridine rings is 1. The Balaban J connectivity index is 0.000000124. The second-order valence-electron chi connectivity index (χ2n) is 13.8. The summed E-state index contributed by atoms with van der Waals surface area (Å²) < 4.78 is 5.61. The quantitative estimate of drug-likeness (QED) is 0.174. The normalized spacial score (nSPS) is 11.9. The number of benzene rings is 5. The molecule has 0 fully saturated rings. The molecule has 6 heterocycles. The van der Waals surface area contributed by atoms with E-state index in [2.05, 4.69) is 183 Å². The molecule has 0 radical (unpaired) electrons. The van der Waals surface area contributed by atoms with Gasteiger partial charge in [-0.1, -0.05) is 24.3 Å². The van der Waals surface area contributed by atoms with Crippen LogP contribution in [0.3, 0.4) is 0 Å². The van der Waals surface area contributed by atoms with Crippen LogP contribution >= 0.6 is 0 Å². The van der Waals surface area contributed by atoms with Gasteiger partial charge in [-0.15, -0.1) is 0 Å². The fraction of sp³-hybridized carbons (Fsp3) is 0. The molecule has 0 spiro atoms. The van der Waals surface area contributed by atoms with E-state index in [1.54, 1.807) is 0 Å². The van der Waals surface area contributed by atoms with Gasteiger partial charge in [-0.3, -0.25) is 4.98 Å². The number of aromatic nitrogens is 5. The van der Waals surface area contributed by atoms with E-state index in [-0.39, 0.29) is 0 Å². The molecule has 2 aliphatic rings. The van der Waals surface area contributed by atoms with Gasteiger partial charge in [0.2, 0.25) is 0 Å². The van der Waals surface area contributed by atoms with Crippen molar-refractivity contribution < 1.29 is 12.8 Å². The molecular formula is C53H41FeN5. The first-order chi connectivity index (χ1) is 29.2. The third-order valence-corrected chi connectivity index (χ3v) is 15.0. The number of nitrogens with one attached hydrogen (secondary N) is 2. The van der Waals surface area contributed by atoms with E-state index in [0.29, 0.717) is 0 Å². The molecule has 0 unspecified atom stereocenters. The molecule has 2 aliphatic heterocycles. The number of aromatic amines is 2. The number of nitrogens with zero attached hydrogens (tertiary/aromatic N) is 3. The number of rotatable bonds is 4. The van der Waals surface area contributed by atoms with E-state index in [9.17, 15) is 0 Å². The minimum atomic E-state index is -2.10. The van der Waals surface area contributed by atoms with Crippen LogP contribution in [-0.4, -0.2) is 24.9 Å². The average Bonchev–Trinajstić information content (AvgIpc) is 4.14. The third-order valence-electron chi connectivity index (χ3n) is 9.68. The van der Waals surface area contributed by atoms with Gasteiger partial charge in [-0.25, -0.2) is 9.97 Å². The number of hydrogen-bond donors (Lipinski definition) is 2. The maximum absolute atomic E-state index is 4.63. The largest absolute Gasteiger partial charge is 0.256 e. The van der Waals surface area contributed by atoms with Crippen LogP contribution in [0.2, 0.25) is 0 Å². The fourth-order valence-electron chi connectivity index (χ4n) is 7.01. The predicted octanol–water partition coefficient (Wildman–Crippen LogP) is 10.3. The molecule has 0 aliphatic carbocycles. The summed E-state index contributed by atoms with van der Waals surface area (Å²) in [5.41, 5.74) is 8.92. The summed E-state index contributed by atoms with van der Waals surface area (Å²) in [5.74, 6) is 0. The number of hydrogen-bond acceptors (Lipinski definition) is 3. The van der Waals surface area contributed by atoms with Crippen molar-refractivity contribution in [2.75, 3.05) is 0 Å². The molecular weight excluding hydrogens is 762 g/mol. The van der Waals surface area contributed by atoms with Crippen molar-refractivity contribution in [1.82, 2.24) is 24.9 Å². The molecule has 9 aromatic rings. The Morgan fingerprint density at radius 1 is 0.322 bits per heavy atom. The van der Waals surface area contributed by atoms with Gasteiger partial charge in [0.25, 0.3) is 0 Å². The van der Waals surface area contributed by atoms with Gasteiger partial charge in [-0.2, -0.15) is 0 Å². The van der Waals surface area contributed by atoms with Crippen molar-refractivity contribution in [2.45, 2.75) is 0 Å². The Kier molecular flexibility index (Phi) is 11.0. The zero-order valence-corrected chi connectivity index (χ0v) is 33.3. The zero-order chi connectivity index (χ0) is 39.7. The maximum Gasteiger partial charge on any atom is 0.0701 e. The summed E-state index contributed by atoms with van der Waals surface area (Å²) in [4.78, 5) is 20.2. The van der Waals surface area contributed by atoms with Gasteiger partial charge in [0, 0.05) is 33.6 Å². The number of para-hydroxylation sites is 1. The van der Waals surface area contributed by atoms with Crippen LogP contribution in [0.1, 0.15) is 22.8 Å². The van der Waals surface area contributed by atoms with Gasteiger partial charge in [0.15, 0.2) is 0 Å². The molecule has 59 heavy (non-hydrogen) atoms. The molecule has 286 valence electrons. The molecule has 5 nitrogen and oxygen atoms in total. The molecule has 8 bridgehead atoms. The summed E-state index contributed by atoms with van der Waals surface area (Å²) in [6.07, 6.45) is 9.90. The van der Waals surface area contributed by atoms with Crippen molar-refractivity contribution in [3.8, 4) is 0 Å². The number of H-pyrrole nitrogens is 2. The van der Waals surface area contributed by atoms with Crippen LogP contribution in [0.25, 0.3) is 57.3 Å². The molecule has 0 amide bonds. The fourth-order valence-corrected chi connectivity index (χ4v) is 12.3. The van der Waals surface area contributed by atoms with E-state index < -0.39 is 12.8 Å². The van der Waals surface area contributed by atoms with Crippen LogP contribution in [0.5, 0.6) is 0 Å². The summed E-state index contributed by atoms with van der Waals surface area (Å²) in [6, 6.07) is 72.4. The average molecular weight is 804 g/mol. The van der Waals surface area contributed by atoms with Crippen LogP contribution in [-0.2, 0) is 12.8 Å². The molecule has 0 saturated heterocycles. The van der Waals surface area contributed by atoms with E-state index in [1.165, 1.54) is 23.2 Å². The molecule has 0 atom stereocenters. The molecule has 4 aromatic heterocycles. The molecule has 0 saturated carbocycles. The topological polar surface area (TPSA) is 70.2 Å². The maximum atomic E-state index is 4.63. The van der Waals surface area contributed by atoms with Gasteiger partial charge in [0.05, 0.1) is 28.3 Å².